The van der Waals surface area contributed by atoms with E-state index >= 15 is 0 Å². The van der Waals surface area contributed by atoms with Crippen LogP contribution in [0, 0.1) is 0 Å². The quantitative estimate of drug-likeness (QED) is 0.648. The summed E-state index contributed by atoms with van der Waals surface area (Å²) in [5, 5.41) is 0. The van der Waals surface area contributed by atoms with Gasteiger partial charge in [0.25, 0.3) is 0 Å². The fourth-order valence-electron chi connectivity index (χ4n) is 3.03. The summed E-state index contributed by atoms with van der Waals surface area (Å²) in [4.78, 5) is 11.7. The van der Waals surface area contributed by atoms with Crippen molar-refractivity contribution < 1.29 is 23.7 Å². The minimum absolute atomic E-state index is 0.00349. The lowest BCUT2D eigenvalue weighted by molar-refractivity contribution is -0.346. The molecule has 0 spiro atoms. The first-order chi connectivity index (χ1) is 8.54. The smallest absolute Gasteiger partial charge is 0.185 e. The Balaban J connectivity index is 1.74. The summed E-state index contributed by atoms with van der Waals surface area (Å²) in [5.74, 6) is 0.0893. The summed E-state index contributed by atoms with van der Waals surface area (Å²) >= 11 is 0. The second kappa shape index (κ2) is 4.56. The Labute approximate surface area is 107 Å². The standard InChI is InChI=1S/C13H20O5/c1-6-4-10-12(8(3)15-6)18-13-11(17-10)5-9(14)7(2)16-13/h6-8,10-13H,4-5H2,1-3H3/t6?,7?,8?,10?,11?,12-,13?/m0/s1. The van der Waals surface area contributed by atoms with Crippen molar-refractivity contribution in [1.29, 1.82) is 0 Å². The van der Waals surface area contributed by atoms with Crippen LogP contribution in [0.1, 0.15) is 33.6 Å². The molecule has 0 aliphatic carbocycles. The molecule has 3 heterocycles. The van der Waals surface area contributed by atoms with Gasteiger partial charge in [0.2, 0.25) is 0 Å². The Morgan fingerprint density at radius 2 is 1.78 bits per heavy atom. The van der Waals surface area contributed by atoms with Crippen LogP contribution in [0.5, 0.6) is 0 Å². The lowest BCUT2D eigenvalue weighted by Crippen LogP contribution is -2.61. The van der Waals surface area contributed by atoms with Gasteiger partial charge in [-0.05, 0) is 20.8 Å². The van der Waals surface area contributed by atoms with Gasteiger partial charge in [-0.3, -0.25) is 4.79 Å². The van der Waals surface area contributed by atoms with Crippen molar-refractivity contribution in [2.75, 3.05) is 0 Å². The predicted octanol–water partition coefficient (Wildman–Crippen LogP) is 1.04. The molecule has 3 saturated heterocycles. The van der Waals surface area contributed by atoms with Crippen LogP contribution >= 0.6 is 0 Å². The van der Waals surface area contributed by atoms with Gasteiger partial charge in [-0.15, -0.1) is 0 Å². The summed E-state index contributed by atoms with van der Waals surface area (Å²) in [6.45, 7) is 5.79. The highest BCUT2D eigenvalue weighted by atomic mass is 16.7. The van der Waals surface area contributed by atoms with Crippen molar-refractivity contribution in [2.24, 2.45) is 0 Å². The number of ketones is 1. The maximum absolute atomic E-state index is 11.7. The van der Waals surface area contributed by atoms with E-state index in [1.807, 2.05) is 13.8 Å². The van der Waals surface area contributed by atoms with Gasteiger partial charge >= 0.3 is 0 Å². The summed E-state index contributed by atoms with van der Waals surface area (Å²) < 4.78 is 23.3. The van der Waals surface area contributed by atoms with Gasteiger partial charge in [0.05, 0.1) is 18.3 Å². The van der Waals surface area contributed by atoms with Crippen molar-refractivity contribution in [3.63, 3.8) is 0 Å². The molecule has 0 radical (unpaired) electrons. The van der Waals surface area contributed by atoms with E-state index in [0.29, 0.717) is 6.42 Å². The Hall–Kier alpha value is -0.490. The van der Waals surface area contributed by atoms with Crippen LogP contribution in [0.3, 0.4) is 0 Å². The maximum Gasteiger partial charge on any atom is 0.185 e. The molecule has 5 nitrogen and oxygen atoms in total. The molecule has 6 unspecified atom stereocenters. The molecule has 0 N–H and O–H groups in total. The molecule has 3 aliphatic heterocycles. The molecule has 0 aromatic rings. The van der Waals surface area contributed by atoms with Gasteiger partial charge in [0, 0.05) is 12.8 Å². The summed E-state index contributed by atoms with van der Waals surface area (Å²) in [5.41, 5.74) is 0. The van der Waals surface area contributed by atoms with E-state index in [2.05, 4.69) is 0 Å². The van der Waals surface area contributed by atoms with Gasteiger partial charge in [-0.2, -0.15) is 0 Å². The zero-order chi connectivity index (χ0) is 12.9. The van der Waals surface area contributed by atoms with E-state index in [0.717, 1.165) is 6.42 Å². The number of hydrogen-bond acceptors (Lipinski definition) is 5. The Kier molecular flexibility index (Phi) is 3.18. The Morgan fingerprint density at radius 1 is 1.00 bits per heavy atom. The number of hydrogen-bond donors (Lipinski definition) is 0. The highest BCUT2D eigenvalue weighted by Crippen LogP contribution is 2.35. The van der Waals surface area contributed by atoms with Gasteiger partial charge in [-0.1, -0.05) is 0 Å². The summed E-state index contributed by atoms with van der Waals surface area (Å²) in [6.07, 6.45) is 0.186. The van der Waals surface area contributed by atoms with Gasteiger partial charge in [0.15, 0.2) is 12.1 Å². The molecule has 3 fully saturated rings. The van der Waals surface area contributed by atoms with Gasteiger partial charge in [0.1, 0.15) is 18.3 Å². The second-order valence-corrected chi connectivity index (χ2v) is 5.52. The minimum atomic E-state index is -0.432. The molecular weight excluding hydrogens is 236 g/mol. The van der Waals surface area contributed by atoms with Gasteiger partial charge < -0.3 is 18.9 Å². The molecule has 0 bridgehead atoms. The SMILES string of the molecule is CC1CC2OC3CC(=O)C(C)OC3O[C@H]2C(C)O1. The average Bonchev–Trinajstić information content (AvgIpc) is 2.29. The van der Waals surface area contributed by atoms with E-state index in [1.165, 1.54) is 0 Å². The number of fused-ring (bicyclic) bond motifs is 2. The van der Waals surface area contributed by atoms with Crippen LogP contribution in [0.2, 0.25) is 0 Å². The Bertz CT molecular complexity index is 344. The number of Topliss-reactive ketones (excluding diaryl/α,β-unsaturated/α-hetero) is 1. The van der Waals surface area contributed by atoms with Crippen molar-refractivity contribution in [3.05, 3.63) is 0 Å². The first-order valence-electron chi connectivity index (χ1n) is 6.69. The zero-order valence-electron chi connectivity index (χ0n) is 11.0. The average molecular weight is 256 g/mol. The zero-order valence-corrected chi connectivity index (χ0v) is 11.0. The van der Waals surface area contributed by atoms with E-state index in [1.54, 1.807) is 6.92 Å². The number of carbonyl (C=O) groups excluding carboxylic acids is 1. The van der Waals surface area contributed by atoms with Crippen molar-refractivity contribution >= 4 is 5.78 Å². The van der Waals surface area contributed by atoms with E-state index < -0.39 is 12.4 Å². The highest BCUT2D eigenvalue weighted by Gasteiger charge is 2.48. The van der Waals surface area contributed by atoms with Gasteiger partial charge in [-0.25, -0.2) is 0 Å². The fraction of sp³-hybridized carbons (Fsp3) is 0.923. The molecule has 3 aliphatic rings. The molecule has 3 rings (SSSR count). The monoisotopic (exact) mass is 256 g/mol. The molecule has 18 heavy (non-hydrogen) atoms. The predicted molar refractivity (Wildman–Crippen MR) is 62.1 cm³/mol. The largest absolute Gasteiger partial charge is 0.373 e. The maximum atomic E-state index is 11.7. The lowest BCUT2D eigenvalue weighted by atomic mass is 9.95. The molecule has 5 heteroatoms. The third-order valence-electron chi connectivity index (χ3n) is 3.98. The highest BCUT2D eigenvalue weighted by molar-refractivity contribution is 5.83. The van der Waals surface area contributed by atoms with Crippen molar-refractivity contribution in [3.8, 4) is 0 Å². The fourth-order valence-corrected chi connectivity index (χ4v) is 3.03. The molecule has 102 valence electrons. The van der Waals surface area contributed by atoms with Crippen LogP contribution in [0.15, 0.2) is 0 Å². The third-order valence-corrected chi connectivity index (χ3v) is 3.98. The Morgan fingerprint density at radius 3 is 2.56 bits per heavy atom. The van der Waals surface area contributed by atoms with Crippen LogP contribution in [-0.2, 0) is 23.7 Å². The topological polar surface area (TPSA) is 54.0 Å². The molecule has 7 atom stereocenters. The van der Waals surface area contributed by atoms with E-state index in [9.17, 15) is 4.79 Å². The summed E-state index contributed by atoms with van der Waals surface area (Å²) in [6, 6.07) is 0. The van der Waals surface area contributed by atoms with Crippen LogP contribution in [0.4, 0.5) is 0 Å². The molecule has 0 saturated carbocycles. The normalized spacial score (nSPS) is 52.6. The van der Waals surface area contributed by atoms with Crippen molar-refractivity contribution in [2.45, 2.75) is 76.5 Å². The van der Waals surface area contributed by atoms with E-state index in [4.69, 9.17) is 18.9 Å². The van der Waals surface area contributed by atoms with Crippen LogP contribution in [0.25, 0.3) is 0 Å². The number of rotatable bonds is 0. The number of ether oxygens (including phenoxy) is 4. The second-order valence-electron chi connectivity index (χ2n) is 5.52. The lowest BCUT2D eigenvalue weighted by Gasteiger charge is -2.49. The molecule has 0 aromatic heterocycles. The molecule has 0 aromatic carbocycles. The minimum Gasteiger partial charge on any atom is -0.373 e. The number of carbonyl (C=O) groups is 1. The van der Waals surface area contributed by atoms with Crippen LogP contribution in [-0.4, -0.2) is 48.7 Å². The molecule has 0 amide bonds. The first kappa shape index (κ1) is 12.5. The summed E-state index contributed by atoms with van der Waals surface area (Å²) in [7, 11) is 0. The first-order valence-corrected chi connectivity index (χ1v) is 6.69. The molecular formula is C13H20O5. The van der Waals surface area contributed by atoms with E-state index in [-0.39, 0.29) is 36.3 Å². The third kappa shape index (κ3) is 2.09. The van der Waals surface area contributed by atoms with Crippen LogP contribution < -0.4 is 0 Å². The van der Waals surface area contributed by atoms with Crippen molar-refractivity contribution in [1.82, 2.24) is 0 Å².